The van der Waals surface area contributed by atoms with Gasteiger partial charge in [-0.3, -0.25) is 4.79 Å². The van der Waals surface area contributed by atoms with E-state index in [1.807, 2.05) is 12.1 Å². The first-order chi connectivity index (χ1) is 8.51. The Morgan fingerprint density at radius 1 is 1.22 bits per heavy atom. The number of benzene rings is 1. The van der Waals surface area contributed by atoms with Crippen LogP contribution < -0.4 is 9.47 Å². The van der Waals surface area contributed by atoms with Gasteiger partial charge in [-0.15, -0.1) is 0 Å². The fourth-order valence-corrected chi connectivity index (χ4v) is 2.12. The van der Waals surface area contributed by atoms with Crippen LogP contribution in [0.25, 0.3) is 0 Å². The lowest BCUT2D eigenvalue weighted by atomic mass is 9.92. The van der Waals surface area contributed by atoms with Crippen molar-refractivity contribution in [2.24, 2.45) is 0 Å². The Kier molecular flexibility index (Phi) is 5.01. The number of hydrogen-bond donors (Lipinski definition) is 1. The molecular weight excluding hydrogens is 232 g/mol. The molecule has 0 saturated heterocycles. The molecule has 1 aromatic carbocycles. The summed E-state index contributed by atoms with van der Waals surface area (Å²) in [5.41, 5.74) is 1.95. The highest BCUT2D eigenvalue weighted by atomic mass is 16.5. The predicted molar refractivity (Wildman–Crippen MR) is 69.6 cm³/mol. The Morgan fingerprint density at radius 3 is 2.22 bits per heavy atom. The molecule has 1 N–H and O–H groups in total. The standard InChI is InChI=1S/C14H20O4/c1-9(2)14-10(5-8-13(15)16)11(17-3)6-7-12(14)18-4/h6-7,9H,5,8H2,1-4H3,(H,15,16). The fraction of sp³-hybridized carbons (Fsp3) is 0.500. The van der Waals surface area contributed by atoms with Crippen molar-refractivity contribution in [3.05, 3.63) is 23.3 Å². The number of methoxy groups -OCH3 is 2. The van der Waals surface area contributed by atoms with Crippen LogP contribution in [0.4, 0.5) is 0 Å². The first-order valence-corrected chi connectivity index (χ1v) is 5.96. The molecule has 0 unspecified atom stereocenters. The molecule has 1 aromatic rings. The van der Waals surface area contributed by atoms with Crippen molar-refractivity contribution in [3.8, 4) is 11.5 Å². The largest absolute Gasteiger partial charge is 0.496 e. The van der Waals surface area contributed by atoms with Gasteiger partial charge in [0, 0.05) is 17.5 Å². The fourth-order valence-electron chi connectivity index (χ4n) is 2.12. The van der Waals surface area contributed by atoms with E-state index < -0.39 is 5.97 Å². The molecule has 0 aliphatic carbocycles. The average Bonchev–Trinajstić information content (AvgIpc) is 2.34. The summed E-state index contributed by atoms with van der Waals surface area (Å²) in [7, 11) is 3.21. The predicted octanol–water partition coefficient (Wildman–Crippen LogP) is 2.84. The molecule has 0 saturated carbocycles. The van der Waals surface area contributed by atoms with Gasteiger partial charge in [0.15, 0.2) is 0 Å². The normalized spacial score (nSPS) is 10.5. The highest BCUT2D eigenvalue weighted by Gasteiger charge is 2.18. The lowest BCUT2D eigenvalue weighted by Crippen LogP contribution is -2.06. The van der Waals surface area contributed by atoms with E-state index in [4.69, 9.17) is 14.6 Å². The number of aliphatic carboxylic acids is 1. The van der Waals surface area contributed by atoms with Crippen molar-refractivity contribution in [3.63, 3.8) is 0 Å². The lowest BCUT2D eigenvalue weighted by molar-refractivity contribution is -0.136. The molecule has 0 bridgehead atoms. The SMILES string of the molecule is COc1ccc(OC)c(C(C)C)c1CCC(=O)O. The number of carboxylic acid groups (broad SMARTS) is 1. The Balaban J connectivity index is 3.26. The molecular formula is C14H20O4. The minimum absolute atomic E-state index is 0.0866. The zero-order valence-corrected chi connectivity index (χ0v) is 11.3. The van der Waals surface area contributed by atoms with Crippen molar-refractivity contribution in [2.75, 3.05) is 14.2 Å². The van der Waals surface area contributed by atoms with Crippen molar-refractivity contribution in [1.82, 2.24) is 0 Å². The first kappa shape index (κ1) is 14.4. The van der Waals surface area contributed by atoms with Gasteiger partial charge in [-0.05, 0) is 24.5 Å². The minimum atomic E-state index is -0.811. The monoisotopic (exact) mass is 252 g/mol. The maximum Gasteiger partial charge on any atom is 0.303 e. The number of rotatable bonds is 6. The number of carbonyl (C=O) groups is 1. The van der Waals surface area contributed by atoms with E-state index in [9.17, 15) is 4.79 Å². The Bertz CT molecular complexity index is 424. The summed E-state index contributed by atoms with van der Waals surface area (Å²) < 4.78 is 10.7. The van der Waals surface area contributed by atoms with Gasteiger partial charge < -0.3 is 14.6 Å². The third-order valence-electron chi connectivity index (χ3n) is 2.88. The number of ether oxygens (including phenoxy) is 2. The van der Waals surface area contributed by atoms with E-state index in [0.717, 1.165) is 22.6 Å². The third kappa shape index (κ3) is 3.15. The molecule has 1 rings (SSSR count). The van der Waals surface area contributed by atoms with E-state index in [-0.39, 0.29) is 12.3 Å². The highest BCUT2D eigenvalue weighted by Crippen LogP contribution is 2.36. The number of carboxylic acids is 1. The molecule has 0 aliphatic rings. The second kappa shape index (κ2) is 6.28. The molecule has 0 fully saturated rings. The zero-order valence-electron chi connectivity index (χ0n) is 11.3. The van der Waals surface area contributed by atoms with Gasteiger partial charge in [0.2, 0.25) is 0 Å². The van der Waals surface area contributed by atoms with Gasteiger partial charge in [0.25, 0.3) is 0 Å². The summed E-state index contributed by atoms with van der Waals surface area (Å²) >= 11 is 0. The summed E-state index contributed by atoms with van der Waals surface area (Å²) in [5, 5.41) is 8.82. The van der Waals surface area contributed by atoms with Gasteiger partial charge in [-0.2, -0.15) is 0 Å². The quantitative estimate of drug-likeness (QED) is 0.845. The van der Waals surface area contributed by atoms with Crippen LogP contribution in [0.3, 0.4) is 0 Å². The molecule has 0 atom stereocenters. The van der Waals surface area contributed by atoms with E-state index in [1.165, 1.54) is 0 Å². The van der Waals surface area contributed by atoms with Crippen molar-refractivity contribution in [2.45, 2.75) is 32.6 Å². The summed E-state index contributed by atoms with van der Waals surface area (Å²) in [6.45, 7) is 4.11. The highest BCUT2D eigenvalue weighted by molar-refractivity contribution is 5.67. The molecule has 0 radical (unpaired) electrons. The third-order valence-corrected chi connectivity index (χ3v) is 2.88. The molecule has 0 amide bonds. The molecule has 18 heavy (non-hydrogen) atoms. The van der Waals surface area contributed by atoms with Crippen LogP contribution in [0.1, 0.15) is 37.3 Å². The summed E-state index contributed by atoms with van der Waals surface area (Å²) in [5.74, 6) is 0.945. The van der Waals surface area contributed by atoms with Crippen molar-refractivity contribution in [1.29, 1.82) is 0 Å². The first-order valence-electron chi connectivity index (χ1n) is 5.96. The van der Waals surface area contributed by atoms with Crippen LogP contribution in [-0.2, 0) is 11.2 Å². The van der Waals surface area contributed by atoms with Gasteiger partial charge in [-0.25, -0.2) is 0 Å². The topological polar surface area (TPSA) is 55.8 Å². The van der Waals surface area contributed by atoms with E-state index in [2.05, 4.69) is 13.8 Å². The van der Waals surface area contributed by atoms with Gasteiger partial charge in [0.1, 0.15) is 11.5 Å². The van der Waals surface area contributed by atoms with Crippen LogP contribution in [0.2, 0.25) is 0 Å². The Hall–Kier alpha value is -1.71. The second-order valence-corrected chi connectivity index (χ2v) is 4.41. The zero-order chi connectivity index (χ0) is 13.7. The van der Waals surface area contributed by atoms with Gasteiger partial charge in [0.05, 0.1) is 14.2 Å². The molecule has 0 spiro atoms. The number of hydrogen-bond acceptors (Lipinski definition) is 3. The van der Waals surface area contributed by atoms with Gasteiger partial charge >= 0.3 is 5.97 Å². The van der Waals surface area contributed by atoms with Crippen LogP contribution in [-0.4, -0.2) is 25.3 Å². The maximum atomic E-state index is 10.7. The summed E-state index contributed by atoms with van der Waals surface area (Å²) in [4.78, 5) is 10.7. The van der Waals surface area contributed by atoms with Crippen molar-refractivity contribution < 1.29 is 19.4 Å². The average molecular weight is 252 g/mol. The van der Waals surface area contributed by atoms with Crippen molar-refractivity contribution >= 4 is 5.97 Å². The summed E-state index contributed by atoms with van der Waals surface area (Å²) in [6, 6.07) is 3.68. The summed E-state index contributed by atoms with van der Waals surface area (Å²) in [6.07, 6.45) is 0.534. The molecule has 0 heterocycles. The lowest BCUT2D eigenvalue weighted by Gasteiger charge is -2.19. The molecule has 4 heteroatoms. The Morgan fingerprint density at radius 2 is 1.78 bits per heavy atom. The maximum absolute atomic E-state index is 10.7. The van der Waals surface area contributed by atoms with E-state index in [1.54, 1.807) is 14.2 Å². The van der Waals surface area contributed by atoms with Crippen LogP contribution in [0, 0.1) is 0 Å². The van der Waals surface area contributed by atoms with E-state index >= 15 is 0 Å². The smallest absolute Gasteiger partial charge is 0.303 e. The van der Waals surface area contributed by atoms with Crippen LogP contribution >= 0.6 is 0 Å². The van der Waals surface area contributed by atoms with Crippen LogP contribution in [0.15, 0.2) is 12.1 Å². The van der Waals surface area contributed by atoms with Gasteiger partial charge in [-0.1, -0.05) is 13.8 Å². The molecule has 4 nitrogen and oxygen atoms in total. The molecule has 0 aromatic heterocycles. The second-order valence-electron chi connectivity index (χ2n) is 4.41. The van der Waals surface area contributed by atoms with Crippen LogP contribution in [0.5, 0.6) is 11.5 Å². The molecule has 100 valence electrons. The molecule has 0 aliphatic heterocycles. The minimum Gasteiger partial charge on any atom is -0.496 e. The van der Waals surface area contributed by atoms with E-state index in [0.29, 0.717) is 6.42 Å². The Labute approximate surface area is 108 Å².